The first-order valence-electron chi connectivity index (χ1n) is 4.45. The summed E-state index contributed by atoms with van der Waals surface area (Å²) in [6.45, 7) is 2.37. The second kappa shape index (κ2) is 5.29. The highest BCUT2D eigenvalue weighted by Crippen LogP contribution is 2.15. The normalized spacial score (nSPS) is 10.1. The average Bonchev–Trinajstić information content (AvgIpc) is 2.21. The minimum Gasteiger partial charge on any atom is -0.494 e. The Morgan fingerprint density at radius 3 is 2.47 bits per heavy atom. The number of carbonyl (C=O) groups excluding carboxylic acids is 1. The molecule has 0 atom stereocenters. The molecule has 1 aromatic rings. The molecule has 0 saturated heterocycles. The van der Waals surface area contributed by atoms with Crippen LogP contribution in [0.15, 0.2) is 24.3 Å². The molecule has 0 aromatic heterocycles. The van der Waals surface area contributed by atoms with Gasteiger partial charge in [0.2, 0.25) is 0 Å². The highest BCUT2D eigenvalue weighted by molar-refractivity contribution is 5.93. The van der Waals surface area contributed by atoms with Crippen LogP contribution in [0.2, 0.25) is 0 Å². The van der Waals surface area contributed by atoms with Crippen molar-refractivity contribution in [3.8, 4) is 5.75 Å². The molecular weight excluding hydrogens is 204 g/mol. The van der Waals surface area contributed by atoms with Crippen LogP contribution in [-0.4, -0.2) is 18.9 Å². The zero-order valence-corrected chi connectivity index (χ0v) is 8.17. The summed E-state index contributed by atoms with van der Waals surface area (Å²) in [7, 11) is 0. The van der Waals surface area contributed by atoms with E-state index in [9.17, 15) is 13.6 Å². The third-order valence-corrected chi connectivity index (χ3v) is 1.63. The zero-order chi connectivity index (χ0) is 11.3. The maximum Gasteiger partial charge on any atom is 0.315 e. The van der Waals surface area contributed by atoms with Crippen LogP contribution < -0.4 is 10.1 Å². The standard InChI is InChI=1S/C10H11F2NO2/c1-2-15-8-5-3-7(4-6-8)13-10(14)9(11)12/h3-6,9H,2H2,1H3,(H,13,14). The lowest BCUT2D eigenvalue weighted by atomic mass is 10.3. The molecular formula is C10H11F2NO2. The minimum absolute atomic E-state index is 0.323. The molecule has 82 valence electrons. The maximum atomic E-state index is 11.9. The van der Waals surface area contributed by atoms with Crippen molar-refractivity contribution in [1.82, 2.24) is 0 Å². The number of hydrogen-bond acceptors (Lipinski definition) is 2. The number of ether oxygens (including phenoxy) is 1. The summed E-state index contributed by atoms with van der Waals surface area (Å²) in [6, 6.07) is 6.21. The Bertz CT molecular complexity index is 325. The first-order chi connectivity index (χ1) is 7.13. The number of alkyl halides is 2. The Hall–Kier alpha value is -1.65. The van der Waals surface area contributed by atoms with Crippen LogP contribution in [0.1, 0.15) is 6.92 Å². The molecule has 0 unspecified atom stereocenters. The van der Waals surface area contributed by atoms with Gasteiger partial charge < -0.3 is 10.1 Å². The largest absolute Gasteiger partial charge is 0.494 e. The van der Waals surface area contributed by atoms with E-state index < -0.39 is 12.3 Å². The smallest absolute Gasteiger partial charge is 0.315 e. The number of halogens is 2. The average molecular weight is 215 g/mol. The van der Waals surface area contributed by atoms with Crippen molar-refractivity contribution in [3.63, 3.8) is 0 Å². The molecule has 3 nitrogen and oxygen atoms in total. The third kappa shape index (κ3) is 3.53. The van der Waals surface area contributed by atoms with Gasteiger partial charge in [-0.2, -0.15) is 8.78 Å². The van der Waals surface area contributed by atoms with Gasteiger partial charge in [0.25, 0.3) is 5.91 Å². The van der Waals surface area contributed by atoms with Crippen molar-refractivity contribution >= 4 is 11.6 Å². The Balaban J connectivity index is 2.60. The lowest BCUT2D eigenvalue weighted by molar-refractivity contribution is -0.126. The molecule has 0 aliphatic carbocycles. The van der Waals surface area contributed by atoms with E-state index in [1.807, 2.05) is 6.92 Å². The zero-order valence-electron chi connectivity index (χ0n) is 8.17. The Morgan fingerprint density at radius 2 is 2.00 bits per heavy atom. The molecule has 15 heavy (non-hydrogen) atoms. The van der Waals surface area contributed by atoms with Gasteiger partial charge in [-0.15, -0.1) is 0 Å². The van der Waals surface area contributed by atoms with Crippen molar-refractivity contribution < 1.29 is 18.3 Å². The lowest BCUT2D eigenvalue weighted by Gasteiger charge is -2.06. The number of nitrogens with one attached hydrogen (secondary N) is 1. The Morgan fingerprint density at radius 1 is 1.40 bits per heavy atom. The van der Waals surface area contributed by atoms with Gasteiger partial charge in [-0.3, -0.25) is 4.79 Å². The molecule has 0 heterocycles. The quantitative estimate of drug-likeness (QED) is 0.836. The molecule has 0 fully saturated rings. The summed E-state index contributed by atoms with van der Waals surface area (Å²) >= 11 is 0. The van der Waals surface area contributed by atoms with Crippen LogP contribution in [-0.2, 0) is 4.79 Å². The summed E-state index contributed by atoms with van der Waals surface area (Å²) in [5.41, 5.74) is 0.323. The molecule has 5 heteroatoms. The maximum absolute atomic E-state index is 11.9. The predicted octanol–water partition coefficient (Wildman–Crippen LogP) is 2.29. The summed E-state index contributed by atoms with van der Waals surface area (Å²) < 4.78 is 28.9. The van der Waals surface area contributed by atoms with E-state index in [0.717, 1.165) is 0 Å². The summed E-state index contributed by atoms with van der Waals surface area (Å²) in [4.78, 5) is 10.6. The number of amides is 1. The Labute approximate surface area is 86.0 Å². The second-order valence-corrected chi connectivity index (χ2v) is 2.75. The molecule has 0 radical (unpaired) electrons. The highest BCUT2D eigenvalue weighted by Gasteiger charge is 2.14. The number of hydrogen-bond donors (Lipinski definition) is 1. The number of benzene rings is 1. The molecule has 1 rings (SSSR count). The van der Waals surface area contributed by atoms with E-state index in [1.54, 1.807) is 12.1 Å². The van der Waals surface area contributed by atoms with E-state index in [4.69, 9.17) is 4.74 Å². The van der Waals surface area contributed by atoms with Gasteiger partial charge in [-0.1, -0.05) is 0 Å². The van der Waals surface area contributed by atoms with Gasteiger partial charge in [0.05, 0.1) is 6.61 Å². The van der Waals surface area contributed by atoms with E-state index in [1.165, 1.54) is 12.1 Å². The van der Waals surface area contributed by atoms with E-state index in [0.29, 0.717) is 18.0 Å². The molecule has 0 bridgehead atoms. The van der Waals surface area contributed by atoms with Crippen molar-refractivity contribution in [2.75, 3.05) is 11.9 Å². The first kappa shape index (κ1) is 11.4. The fraction of sp³-hybridized carbons (Fsp3) is 0.300. The first-order valence-corrected chi connectivity index (χ1v) is 4.45. The number of anilines is 1. The lowest BCUT2D eigenvalue weighted by Crippen LogP contribution is -2.19. The fourth-order valence-corrected chi connectivity index (χ4v) is 0.998. The van der Waals surface area contributed by atoms with Crippen LogP contribution in [0, 0.1) is 0 Å². The van der Waals surface area contributed by atoms with Gasteiger partial charge in [-0.05, 0) is 31.2 Å². The molecule has 0 saturated carbocycles. The molecule has 0 aliphatic heterocycles. The van der Waals surface area contributed by atoms with Crippen molar-refractivity contribution in [2.45, 2.75) is 13.3 Å². The minimum atomic E-state index is -3.00. The molecule has 1 N–H and O–H groups in total. The van der Waals surface area contributed by atoms with Crippen molar-refractivity contribution in [2.24, 2.45) is 0 Å². The summed E-state index contributed by atoms with van der Waals surface area (Å²) in [6.07, 6.45) is -3.00. The van der Waals surface area contributed by atoms with Crippen LogP contribution in [0.25, 0.3) is 0 Å². The summed E-state index contributed by atoms with van der Waals surface area (Å²) in [5.74, 6) is -0.674. The predicted molar refractivity (Wildman–Crippen MR) is 52.2 cm³/mol. The molecule has 0 aliphatic rings. The monoisotopic (exact) mass is 215 g/mol. The molecule has 1 aromatic carbocycles. The molecule has 1 amide bonds. The van der Waals surface area contributed by atoms with Gasteiger partial charge in [0.1, 0.15) is 5.75 Å². The topological polar surface area (TPSA) is 38.3 Å². The van der Waals surface area contributed by atoms with Crippen molar-refractivity contribution in [3.05, 3.63) is 24.3 Å². The van der Waals surface area contributed by atoms with Gasteiger partial charge >= 0.3 is 6.43 Å². The van der Waals surface area contributed by atoms with Gasteiger partial charge in [0.15, 0.2) is 0 Å². The van der Waals surface area contributed by atoms with E-state index in [2.05, 4.69) is 5.32 Å². The third-order valence-electron chi connectivity index (χ3n) is 1.63. The van der Waals surface area contributed by atoms with Crippen molar-refractivity contribution in [1.29, 1.82) is 0 Å². The highest BCUT2D eigenvalue weighted by atomic mass is 19.3. The SMILES string of the molecule is CCOc1ccc(NC(=O)C(F)F)cc1. The second-order valence-electron chi connectivity index (χ2n) is 2.75. The summed E-state index contributed by atoms with van der Waals surface area (Å²) in [5, 5.41) is 2.07. The Kier molecular flexibility index (Phi) is 4.03. The number of rotatable bonds is 4. The fourth-order valence-electron chi connectivity index (χ4n) is 0.998. The molecule has 0 spiro atoms. The van der Waals surface area contributed by atoms with E-state index >= 15 is 0 Å². The van der Waals surface area contributed by atoms with Gasteiger partial charge in [0, 0.05) is 5.69 Å². The van der Waals surface area contributed by atoms with Crippen LogP contribution in [0.3, 0.4) is 0 Å². The van der Waals surface area contributed by atoms with Gasteiger partial charge in [-0.25, -0.2) is 0 Å². The number of carbonyl (C=O) groups is 1. The van der Waals surface area contributed by atoms with E-state index in [-0.39, 0.29) is 0 Å². The van der Waals surface area contributed by atoms with Crippen LogP contribution in [0.4, 0.5) is 14.5 Å². The van der Waals surface area contributed by atoms with Crippen LogP contribution >= 0.6 is 0 Å². The van der Waals surface area contributed by atoms with Crippen LogP contribution in [0.5, 0.6) is 5.75 Å².